The molecule has 0 aliphatic carbocycles. The molecular formula is C27H29N3O4S. The van der Waals surface area contributed by atoms with Crippen LogP contribution in [0.2, 0.25) is 0 Å². The van der Waals surface area contributed by atoms with Crippen LogP contribution >= 0.6 is 0 Å². The summed E-state index contributed by atoms with van der Waals surface area (Å²) in [6.07, 6.45) is 1.16. The normalized spacial score (nSPS) is 17.3. The lowest BCUT2D eigenvalue weighted by molar-refractivity contribution is -0.120. The maximum Gasteiger partial charge on any atom is 0.253 e. The molecule has 3 aromatic carbocycles. The molecule has 1 fully saturated rings. The summed E-state index contributed by atoms with van der Waals surface area (Å²) in [6.45, 7) is 2.37. The van der Waals surface area contributed by atoms with Gasteiger partial charge in [0.05, 0.1) is 28.1 Å². The van der Waals surface area contributed by atoms with Crippen LogP contribution in [0.25, 0.3) is 0 Å². The molecule has 1 aliphatic rings. The summed E-state index contributed by atoms with van der Waals surface area (Å²) in [5.74, 6) is -1.11. The van der Waals surface area contributed by atoms with Crippen LogP contribution in [-0.2, 0) is 14.8 Å². The van der Waals surface area contributed by atoms with Crippen LogP contribution in [0, 0.1) is 5.92 Å². The lowest BCUT2D eigenvalue weighted by Gasteiger charge is -2.31. The molecule has 0 radical (unpaired) electrons. The predicted octanol–water partition coefficient (Wildman–Crippen LogP) is 4.22. The van der Waals surface area contributed by atoms with Crippen molar-refractivity contribution in [2.45, 2.75) is 30.7 Å². The van der Waals surface area contributed by atoms with Gasteiger partial charge in [0.2, 0.25) is 15.9 Å². The van der Waals surface area contributed by atoms with Crippen LogP contribution in [0.5, 0.6) is 0 Å². The van der Waals surface area contributed by atoms with Crippen molar-refractivity contribution in [2.75, 3.05) is 18.4 Å². The minimum absolute atomic E-state index is 0.0997. The van der Waals surface area contributed by atoms with Gasteiger partial charge in [0.1, 0.15) is 0 Å². The Bertz CT molecular complexity index is 1280. The first-order valence-corrected chi connectivity index (χ1v) is 13.1. The van der Waals surface area contributed by atoms with Gasteiger partial charge in [-0.15, -0.1) is 0 Å². The lowest BCUT2D eigenvalue weighted by atomic mass is 9.98. The third-order valence-electron chi connectivity index (χ3n) is 6.21. The molecule has 0 saturated carbocycles. The molecule has 182 valence electrons. The fraction of sp³-hybridized carbons (Fsp3) is 0.259. The molecule has 7 nitrogen and oxygen atoms in total. The largest absolute Gasteiger partial charge is 0.345 e. The van der Waals surface area contributed by atoms with Crippen LogP contribution in [0.3, 0.4) is 0 Å². The monoisotopic (exact) mass is 491 g/mol. The molecule has 2 N–H and O–H groups in total. The predicted molar refractivity (Wildman–Crippen MR) is 135 cm³/mol. The molecule has 0 bridgehead atoms. The molecule has 4 rings (SSSR count). The highest BCUT2D eigenvalue weighted by atomic mass is 32.2. The van der Waals surface area contributed by atoms with Gasteiger partial charge < -0.3 is 10.6 Å². The Morgan fingerprint density at radius 2 is 1.54 bits per heavy atom. The van der Waals surface area contributed by atoms with E-state index in [0.717, 1.165) is 5.56 Å². The van der Waals surface area contributed by atoms with Crippen molar-refractivity contribution in [2.24, 2.45) is 5.92 Å². The fourth-order valence-corrected chi connectivity index (χ4v) is 5.79. The Labute approximate surface area is 206 Å². The maximum atomic E-state index is 13.1. The number of carbonyl (C=O) groups is 2. The van der Waals surface area contributed by atoms with E-state index in [1.807, 2.05) is 37.3 Å². The second-order valence-corrected chi connectivity index (χ2v) is 10.6. The topological polar surface area (TPSA) is 95.6 Å². The number of anilines is 1. The van der Waals surface area contributed by atoms with E-state index in [-0.39, 0.29) is 29.3 Å². The van der Waals surface area contributed by atoms with Gasteiger partial charge in [-0.2, -0.15) is 4.31 Å². The molecular weight excluding hydrogens is 462 g/mol. The summed E-state index contributed by atoms with van der Waals surface area (Å²) in [4.78, 5) is 26.3. The van der Waals surface area contributed by atoms with E-state index in [1.54, 1.807) is 54.6 Å². The van der Waals surface area contributed by atoms with Crippen LogP contribution in [0.15, 0.2) is 89.8 Å². The van der Waals surface area contributed by atoms with E-state index in [0.29, 0.717) is 30.6 Å². The van der Waals surface area contributed by atoms with Gasteiger partial charge in [-0.3, -0.25) is 9.59 Å². The number of carbonyl (C=O) groups excluding carboxylic acids is 2. The average molecular weight is 492 g/mol. The highest BCUT2D eigenvalue weighted by molar-refractivity contribution is 7.89. The fourth-order valence-electron chi connectivity index (χ4n) is 4.24. The third kappa shape index (κ3) is 5.78. The molecule has 8 heteroatoms. The number of hydrogen-bond donors (Lipinski definition) is 2. The van der Waals surface area contributed by atoms with Gasteiger partial charge in [-0.25, -0.2) is 8.42 Å². The second-order valence-electron chi connectivity index (χ2n) is 8.66. The third-order valence-corrected chi connectivity index (χ3v) is 8.09. The zero-order chi connectivity index (χ0) is 24.8. The number of piperidine rings is 1. The zero-order valence-corrected chi connectivity index (χ0v) is 20.4. The summed E-state index contributed by atoms with van der Waals surface area (Å²) in [5, 5.41) is 5.84. The van der Waals surface area contributed by atoms with Crippen LogP contribution < -0.4 is 10.6 Å². The van der Waals surface area contributed by atoms with Crippen LogP contribution in [0.1, 0.15) is 41.7 Å². The van der Waals surface area contributed by atoms with E-state index >= 15 is 0 Å². The number of rotatable bonds is 7. The van der Waals surface area contributed by atoms with Crippen molar-refractivity contribution in [1.82, 2.24) is 9.62 Å². The summed E-state index contributed by atoms with van der Waals surface area (Å²) >= 11 is 0. The lowest BCUT2D eigenvalue weighted by Crippen LogP contribution is -2.43. The Morgan fingerprint density at radius 1 is 0.914 bits per heavy atom. The molecule has 3 aromatic rings. The first kappa shape index (κ1) is 24.6. The second kappa shape index (κ2) is 10.8. The van der Waals surface area contributed by atoms with Gasteiger partial charge in [0, 0.05) is 13.1 Å². The van der Waals surface area contributed by atoms with Gasteiger partial charge in [0.15, 0.2) is 0 Å². The Morgan fingerprint density at radius 3 is 2.26 bits per heavy atom. The molecule has 0 unspecified atom stereocenters. The summed E-state index contributed by atoms with van der Waals surface area (Å²) in [7, 11) is -3.67. The van der Waals surface area contributed by atoms with Crippen molar-refractivity contribution in [1.29, 1.82) is 0 Å². The smallest absolute Gasteiger partial charge is 0.253 e. The quantitative estimate of drug-likeness (QED) is 0.517. The zero-order valence-electron chi connectivity index (χ0n) is 19.6. The number of nitrogens with zero attached hydrogens (tertiary/aromatic N) is 1. The van der Waals surface area contributed by atoms with Gasteiger partial charge in [-0.05, 0) is 49.6 Å². The summed E-state index contributed by atoms with van der Waals surface area (Å²) < 4.78 is 27.4. The van der Waals surface area contributed by atoms with E-state index in [1.165, 1.54) is 4.31 Å². The maximum absolute atomic E-state index is 13.1. The number of nitrogens with one attached hydrogen (secondary N) is 2. The number of para-hydroxylation sites is 1. The highest BCUT2D eigenvalue weighted by Crippen LogP contribution is 2.26. The molecule has 1 heterocycles. The molecule has 1 saturated heterocycles. The highest BCUT2D eigenvalue weighted by Gasteiger charge is 2.33. The number of hydrogen-bond acceptors (Lipinski definition) is 4. The molecule has 2 amide bonds. The van der Waals surface area contributed by atoms with Gasteiger partial charge in [-0.1, -0.05) is 60.7 Å². The van der Waals surface area contributed by atoms with Crippen LogP contribution in [-0.4, -0.2) is 37.6 Å². The molecule has 0 aromatic heterocycles. The minimum atomic E-state index is -3.67. The van der Waals surface area contributed by atoms with Crippen molar-refractivity contribution in [3.63, 3.8) is 0 Å². The van der Waals surface area contributed by atoms with Crippen LogP contribution in [0.4, 0.5) is 5.69 Å². The molecule has 0 spiro atoms. The van der Waals surface area contributed by atoms with Crippen molar-refractivity contribution >= 4 is 27.5 Å². The number of benzene rings is 3. The first-order chi connectivity index (χ1) is 16.9. The molecule has 35 heavy (non-hydrogen) atoms. The Hall–Kier alpha value is -3.49. The minimum Gasteiger partial charge on any atom is -0.345 e. The summed E-state index contributed by atoms with van der Waals surface area (Å²) in [5.41, 5.74) is 1.73. The van der Waals surface area contributed by atoms with Gasteiger partial charge >= 0.3 is 0 Å². The standard InChI is InChI=1S/C27H29N3O4S/c1-20(21-11-4-2-5-12-21)28-27(32)24-16-8-9-17-25(24)29-26(31)22-13-10-18-30(19-22)35(33,34)23-14-6-3-7-15-23/h2-9,11-12,14-17,20,22H,10,13,18-19H2,1H3,(H,28,32)(H,29,31)/t20-,22-/m1/s1. The SMILES string of the molecule is C[C@@H](NC(=O)c1ccccc1NC(=O)[C@@H]1CCCN(S(=O)(=O)c2ccccc2)C1)c1ccccc1. The summed E-state index contributed by atoms with van der Waals surface area (Å²) in [6, 6.07) is 24.5. The number of amides is 2. The van der Waals surface area contributed by atoms with Crippen molar-refractivity contribution in [3.8, 4) is 0 Å². The van der Waals surface area contributed by atoms with Crippen molar-refractivity contribution in [3.05, 3.63) is 96.1 Å². The first-order valence-electron chi connectivity index (χ1n) is 11.7. The van der Waals surface area contributed by atoms with E-state index in [4.69, 9.17) is 0 Å². The van der Waals surface area contributed by atoms with E-state index in [2.05, 4.69) is 10.6 Å². The molecule has 1 aliphatic heterocycles. The van der Waals surface area contributed by atoms with E-state index in [9.17, 15) is 18.0 Å². The number of sulfonamides is 1. The average Bonchev–Trinajstić information content (AvgIpc) is 2.90. The van der Waals surface area contributed by atoms with E-state index < -0.39 is 15.9 Å². The Kier molecular flexibility index (Phi) is 7.63. The van der Waals surface area contributed by atoms with Gasteiger partial charge in [0.25, 0.3) is 5.91 Å². The Balaban J connectivity index is 1.45. The van der Waals surface area contributed by atoms with Crippen molar-refractivity contribution < 1.29 is 18.0 Å². The molecule has 2 atom stereocenters.